The molecule has 1 amide bonds. The van der Waals surface area contributed by atoms with Gasteiger partial charge in [-0.1, -0.05) is 36.8 Å². The third-order valence-corrected chi connectivity index (χ3v) is 3.70. The van der Waals surface area contributed by atoms with E-state index in [0.717, 1.165) is 24.8 Å². The van der Waals surface area contributed by atoms with Gasteiger partial charge < -0.3 is 11.1 Å². The van der Waals surface area contributed by atoms with Gasteiger partial charge in [0, 0.05) is 12.6 Å². The van der Waals surface area contributed by atoms with Crippen molar-refractivity contribution in [3.63, 3.8) is 0 Å². The standard InChI is InChI=1S/C14H20N2O/c1-11(10-15)16-13(17)14(8-5-9-14)12-6-3-2-4-7-12/h2-4,6-7,11H,5,8-10,15H2,1H3,(H,16,17)/t11-/m0/s1. The Kier molecular flexibility index (Phi) is 3.48. The van der Waals surface area contributed by atoms with Crippen molar-refractivity contribution in [1.82, 2.24) is 5.32 Å². The molecule has 3 heteroatoms. The zero-order valence-electron chi connectivity index (χ0n) is 10.3. The van der Waals surface area contributed by atoms with E-state index in [1.54, 1.807) is 0 Å². The highest BCUT2D eigenvalue weighted by molar-refractivity contribution is 5.89. The number of hydrogen-bond donors (Lipinski definition) is 2. The third-order valence-electron chi connectivity index (χ3n) is 3.70. The van der Waals surface area contributed by atoms with Gasteiger partial charge in [0.2, 0.25) is 5.91 Å². The van der Waals surface area contributed by atoms with Crippen molar-refractivity contribution in [2.24, 2.45) is 5.73 Å². The minimum Gasteiger partial charge on any atom is -0.352 e. The summed E-state index contributed by atoms with van der Waals surface area (Å²) in [6.07, 6.45) is 3.01. The van der Waals surface area contributed by atoms with E-state index in [2.05, 4.69) is 5.32 Å². The number of nitrogens with two attached hydrogens (primary N) is 1. The molecule has 0 saturated heterocycles. The maximum absolute atomic E-state index is 12.4. The fourth-order valence-corrected chi connectivity index (χ4v) is 2.36. The maximum Gasteiger partial charge on any atom is 0.230 e. The van der Waals surface area contributed by atoms with E-state index in [4.69, 9.17) is 5.73 Å². The zero-order chi connectivity index (χ0) is 12.3. The molecule has 0 bridgehead atoms. The molecule has 1 aromatic rings. The lowest BCUT2D eigenvalue weighted by Gasteiger charge is -2.41. The largest absolute Gasteiger partial charge is 0.352 e. The third kappa shape index (κ3) is 2.20. The summed E-state index contributed by atoms with van der Waals surface area (Å²) < 4.78 is 0. The van der Waals surface area contributed by atoms with Crippen LogP contribution in [0.25, 0.3) is 0 Å². The van der Waals surface area contributed by atoms with Gasteiger partial charge in [-0.25, -0.2) is 0 Å². The minimum absolute atomic E-state index is 0.0451. The van der Waals surface area contributed by atoms with Gasteiger partial charge in [0.25, 0.3) is 0 Å². The lowest BCUT2D eigenvalue weighted by molar-refractivity contribution is -0.130. The predicted octanol–water partition coefficient (Wildman–Crippen LogP) is 1.57. The Morgan fingerprint density at radius 1 is 1.41 bits per heavy atom. The number of hydrogen-bond acceptors (Lipinski definition) is 2. The number of benzene rings is 1. The SMILES string of the molecule is C[C@@H](CN)NC(=O)C1(c2ccccc2)CCC1. The molecular formula is C14H20N2O. The average Bonchev–Trinajstić information content (AvgIpc) is 2.28. The van der Waals surface area contributed by atoms with Crippen LogP contribution in [0, 0.1) is 0 Å². The second-order valence-corrected chi connectivity index (χ2v) is 4.91. The first-order valence-corrected chi connectivity index (χ1v) is 6.25. The molecule has 0 heterocycles. The van der Waals surface area contributed by atoms with Gasteiger partial charge in [0.1, 0.15) is 0 Å². The van der Waals surface area contributed by atoms with Crippen molar-refractivity contribution < 1.29 is 4.79 Å². The van der Waals surface area contributed by atoms with Gasteiger partial charge in [0.15, 0.2) is 0 Å². The summed E-state index contributed by atoms with van der Waals surface area (Å²) in [7, 11) is 0. The summed E-state index contributed by atoms with van der Waals surface area (Å²) in [6, 6.07) is 10.1. The van der Waals surface area contributed by atoms with E-state index in [-0.39, 0.29) is 17.4 Å². The summed E-state index contributed by atoms with van der Waals surface area (Å²) in [6.45, 7) is 2.42. The minimum atomic E-state index is -0.301. The summed E-state index contributed by atoms with van der Waals surface area (Å²) >= 11 is 0. The van der Waals surface area contributed by atoms with Crippen LogP contribution in [0.3, 0.4) is 0 Å². The lowest BCUT2D eigenvalue weighted by atomic mass is 9.63. The number of rotatable bonds is 4. The van der Waals surface area contributed by atoms with Gasteiger partial charge in [-0.3, -0.25) is 4.79 Å². The molecular weight excluding hydrogens is 212 g/mol. The van der Waals surface area contributed by atoms with Gasteiger partial charge in [-0.2, -0.15) is 0 Å². The Hall–Kier alpha value is -1.35. The Morgan fingerprint density at radius 3 is 2.53 bits per heavy atom. The molecule has 1 aliphatic rings. The van der Waals surface area contributed by atoms with E-state index >= 15 is 0 Å². The molecule has 1 aliphatic carbocycles. The van der Waals surface area contributed by atoms with Crippen LogP contribution in [-0.4, -0.2) is 18.5 Å². The molecule has 1 atom stereocenters. The highest BCUT2D eigenvalue weighted by Gasteiger charge is 2.45. The number of nitrogens with one attached hydrogen (secondary N) is 1. The van der Waals surface area contributed by atoms with E-state index in [0.29, 0.717) is 6.54 Å². The molecule has 17 heavy (non-hydrogen) atoms. The molecule has 2 rings (SSSR count). The predicted molar refractivity (Wildman–Crippen MR) is 68.6 cm³/mol. The molecule has 0 aliphatic heterocycles. The molecule has 92 valence electrons. The first-order valence-electron chi connectivity index (χ1n) is 6.25. The first kappa shape index (κ1) is 12.1. The van der Waals surface area contributed by atoms with Crippen LogP contribution in [0.15, 0.2) is 30.3 Å². The summed E-state index contributed by atoms with van der Waals surface area (Å²) in [4.78, 5) is 12.4. The molecule has 0 spiro atoms. The Bertz CT molecular complexity index is 384. The van der Waals surface area contributed by atoms with Crippen molar-refractivity contribution in [2.45, 2.75) is 37.6 Å². The monoisotopic (exact) mass is 232 g/mol. The molecule has 3 nitrogen and oxygen atoms in total. The fourth-order valence-electron chi connectivity index (χ4n) is 2.36. The van der Waals surface area contributed by atoms with Gasteiger partial charge in [-0.15, -0.1) is 0 Å². The van der Waals surface area contributed by atoms with Gasteiger partial charge >= 0.3 is 0 Å². The van der Waals surface area contributed by atoms with E-state index in [1.165, 1.54) is 0 Å². The Balaban J connectivity index is 2.18. The smallest absolute Gasteiger partial charge is 0.230 e. The first-order chi connectivity index (χ1) is 8.19. The van der Waals surface area contributed by atoms with Crippen LogP contribution < -0.4 is 11.1 Å². The molecule has 0 radical (unpaired) electrons. The Labute approximate surface area is 102 Å². The van der Waals surface area contributed by atoms with Crippen molar-refractivity contribution in [3.05, 3.63) is 35.9 Å². The second-order valence-electron chi connectivity index (χ2n) is 4.91. The molecule has 1 saturated carbocycles. The highest BCUT2D eigenvalue weighted by Crippen LogP contribution is 2.43. The molecule has 0 unspecified atom stereocenters. The number of amides is 1. The number of carbonyl (C=O) groups is 1. The fraction of sp³-hybridized carbons (Fsp3) is 0.500. The molecule has 0 aromatic heterocycles. The van der Waals surface area contributed by atoms with Crippen LogP contribution in [0.5, 0.6) is 0 Å². The zero-order valence-corrected chi connectivity index (χ0v) is 10.3. The maximum atomic E-state index is 12.4. The van der Waals surface area contributed by atoms with Crippen molar-refractivity contribution in [3.8, 4) is 0 Å². The van der Waals surface area contributed by atoms with E-state index < -0.39 is 0 Å². The Morgan fingerprint density at radius 2 is 2.06 bits per heavy atom. The average molecular weight is 232 g/mol. The highest BCUT2D eigenvalue weighted by atomic mass is 16.2. The van der Waals surface area contributed by atoms with E-state index in [9.17, 15) is 4.79 Å². The van der Waals surface area contributed by atoms with Gasteiger partial charge in [-0.05, 0) is 25.3 Å². The molecule has 3 N–H and O–H groups in total. The van der Waals surface area contributed by atoms with Crippen molar-refractivity contribution in [2.75, 3.05) is 6.54 Å². The van der Waals surface area contributed by atoms with Crippen LogP contribution >= 0.6 is 0 Å². The van der Waals surface area contributed by atoms with Gasteiger partial charge in [0.05, 0.1) is 5.41 Å². The van der Waals surface area contributed by atoms with E-state index in [1.807, 2.05) is 37.3 Å². The second kappa shape index (κ2) is 4.88. The summed E-state index contributed by atoms with van der Waals surface area (Å²) in [5.74, 6) is 0.132. The van der Waals surface area contributed by atoms with Crippen molar-refractivity contribution in [1.29, 1.82) is 0 Å². The van der Waals surface area contributed by atoms with Crippen LogP contribution in [0.2, 0.25) is 0 Å². The van der Waals surface area contributed by atoms with Crippen LogP contribution in [0.1, 0.15) is 31.7 Å². The lowest BCUT2D eigenvalue weighted by Crippen LogP contribution is -2.52. The van der Waals surface area contributed by atoms with Crippen LogP contribution in [0.4, 0.5) is 0 Å². The summed E-state index contributed by atoms with van der Waals surface area (Å²) in [5, 5.41) is 3.01. The van der Waals surface area contributed by atoms with Crippen LogP contribution in [-0.2, 0) is 10.2 Å². The summed E-state index contributed by atoms with van der Waals surface area (Å²) in [5.41, 5.74) is 6.38. The molecule has 1 fully saturated rings. The quantitative estimate of drug-likeness (QED) is 0.828. The molecule has 1 aromatic carbocycles. The topological polar surface area (TPSA) is 55.1 Å². The number of carbonyl (C=O) groups excluding carboxylic acids is 1. The van der Waals surface area contributed by atoms with Crippen molar-refractivity contribution >= 4 is 5.91 Å². The normalized spacial score (nSPS) is 19.2.